The number of anilines is 3. The second-order valence-corrected chi connectivity index (χ2v) is 15.6. The molecule has 1 saturated heterocycles. The van der Waals surface area contributed by atoms with Crippen LogP contribution in [0.2, 0.25) is 0 Å². The van der Waals surface area contributed by atoms with Gasteiger partial charge in [0.25, 0.3) is 5.91 Å². The first-order valence-corrected chi connectivity index (χ1v) is 17.6. The van der Waals surface area contributed by atoms with Crippen LogP contribution in [0.3, 0.4) is 0 Å². The molecule has 1 amide bonds. The van der Waals surface area contributed by atoms with Crippen molar-refractivity contribution in [1.82, 2.24) is 0 Å². The van der Waals surface area contributed by atoms with Crippen molar-refractivity contribution in [3.63, 3.8) is 0 Å². The molecule has 2 aliphatic rings. The number of sulfonamides is 1. The summed E-state index contributed by atoms with van der Waals surface area (Å²) in [7, 11) is -5.59. The van der Waals surface area contributed by atoms with Crippen LogP contribution in [0.15, 0.2) is 47.4 Å². The van der Waals surface area contributed by atoms with Gasteiger partial charge in [0, 0.05) is 37.1 Å². The molecule has 0 radical (unpaired) electrons. The lowest BCUT2D eigenvalue weighted by Gasteiger charge is -2.42. The van der Waals surface area contributed by atoms with E-state index >= 15 is 0 Å². The molecule has 0 bridgehead atoms. The summed E-state index contributed by atoms with van der Waals surface area (Å²) in [5.41, 5.74) is 8.02. The summed E-state index contributed by atoms with van der Waals surface area (Å²) in [4.78, 5) is 15.8. The van der Waals surface area contributed by atoms with Gasteiger partial charge in [-0.2, -0.15) is 0 Å². The zero-order chi connectivity index (χ0) is 29.1. The first-order valence-electron chi connectivity index (χ1n) is 14.1. The third kappa shape index (κ3) is 7.55. The molecule has 220 valence electrons. The first-order chi connectivity index (χ1) is 18.8. The molecule has 40 heavy (non-hydrogen) atoms. The fourth-order valence-corrected chi connectivity index (χ4v) is 7.05. The molecule has 3 N–H and O–H groups in total. The lowest BCUT2D eigenvalue weighted by molar-refractivity contribution is 0.102. The van der Waals surface area contributed by atoms with Gasteiger partial charge < -0.3 is 16.0 Å². The van der Waals surface area contributed by atoms with Crippen molar-refractivity contribution < 1.29 is 21.6 Å². The van der Waals surface area contributed by atoms with Crippen LogP contribution in [-0.4, -0.2) is 60.4 Å². The maximum absolute atomic E-state index is 13.4. The zero-order valence-corrected chi connectivity index (χ0v) is 25.4. The number of hydrogen-bond donors (Lipinski definition) is 2. The van der Waals surface area contributed by atoms with Crippen LogP contribution in [0.5, 0.6) is 0 Å². The van der Waals surface area contributed by atoms with Crippen LogP contribution in [-0.2, 0) is 19.9 Å². The van der Waals surface area contributed by atoms with Crippen LogP contribution in [0.1, 0.15) is 68.6 Å². The van der Waals surface area contributed by atoms with E-state index in [1.807, 2.05) is 6.07 Å². The average molecular weight is 591 g/mol. The molecule has 0 aromatic heterocycles. The summed E-state index contributed by atoms with van der Waals surface area (Å²) >= 11 is 0. The predicted octanol–water partition coefficient (Wildman–Crippen LogP) is 4.40. The fraction of sp³-hybridized carbons (Fsp3) is 0.552. The van der Waals surface area contributed by atoms with Crippen molar-refractivity contribution in [2.24, 2.45) is 11.7 Å². The highest BCUT2D eigenvalue weighted by molar-refractivity contribution is 7.92. The number of benzene rings is 2. The number of hydrogen-bond acceptors (Lipinski definition) is 7. The average Bonchev–Trinajstić information content (AvgIpc) is 3.61. The van der Waals surface area contributed by atoms with Crippen molar-refractivity contribution in [1.29, 1.82) is 0 Å². The minimum absolute atomic E-state index is 0.00658. The summed E-state index contributed by atoms with van der Waals surface area (Å²) in [6.07, 6.45) is 8.98. The molecule has 1 saturated carbocycles. The third-order valence-electron chi connectivity index (χ3n) is 7.96. The molecule has 0 spiro atoms. The smallest absolute Gasteiger partial charge is 0.257 e. The summed E-state index contributed by atoms with van der Waals surface area (Å²) < 4.78 is 51.1. The van der Waals surface area contributed by atoms with E-state index in [0.717, 1.165) is 74.3 Å². The lowest BCUT2D eigenvalue weighted by atomic mass is 9.90. The van der Waals surface area contributed by atoms with Gasteiger partial charge >= 0.3 is 0 Å². The van der Waals surface area contributed by atoms with Gasteiger partial charge in [-0.05, 0) is 74.1 Å². The summed E-state index contributed by atoms with van der Waals surface area (Å²) in [6, 6.07) is 11.3. The number of carbonyl (C=O) groups is 1. The minimum Gasteiger partial charge on any atom is -0.371 e. The molecular formula is C29H42N4O5S2. The van der Waals surface area contributed by atoms with E-state index in [9.17, 15) is 21.6 Å². The quantitative estimate of drug-likeness (QED) is 0.312. The Labute approximate surface area is 239 Å². The maximum Gasteiger partial charge on any atom is 0.257 e. The zero-order valence-electron chi connectivity index (χ0n) is 23.7. The molecule has 1 aliphatic heterocycles. The summed E-state index contributed by atoms with van der Waals surface area (Å²) in [6.45, 7) is 3.80. The fourth-order valence-electron chi connectivity index (χ4n) is 5.16. The van der Waals surface area contributed by atoms with Crippen molar-refractivity contribution in [2.75, 3.05) is 46.7 Å². The van der Waals surface area contributed by atoms with E-state index in [2.05, 4.69) is 17.1 Å². The Balaban J connectivity index is 1.47. The Morgan fingerprint density at radius 2 is 1.68 bits per heavy atom. The Bertz CT molecular complexity index is 1410. The molecule has 1 heterocycles. The van der Waals surface area contributed by atoms with Crippen molar-refractivity contribution >= 4 is 42.8 Å². The molecule has 4 rings (SSSR count). The number of amides is 1. The summed E-state index contributed by atoms with van der Waals surface area (Å²) in [5.74, 6) is 0.129. The number of rotatable bonds is 14. The molecule has 9 nitrogen and oxygen atoms in total. The molecule has 1 aliphatic carbocycles. The van der Waals surface area contributed by atoms with Gasteiger partial charge in [-0.3, -0.25) is 9.10 Å². The van der Waals surface area contributed by atoms with Crippen molar-refractivity contribution in [3.05, 3.63) is 48.0 Å². The van der Waals surface area contributed by atoms with Gasteiger partial charge in [0.2, 0.25) is 10.0 Å². The van der Waals surface area contributed by atoms with E-state index < -0.39 is 25.8 Å². The molecule has 2 fully saturated rings. The highest BCUT2D eigenvalue weighted by Crippen LogP contribution is 2.41. The van der Waals surface area contributed by atoms with Gasteiger partial charge in [-0.15, -0.1) is 0 Å². The minimum atomic E-state index is -3.61. The number of unbranched alkanes of at least 4 members (excludes halogenated alkanes) is 4. The van der Waals surface area contributed by atoms with E-state index in [4.69, 9.17) is 5.73 Å². The molecular weight excluding hydrogens is 548 g/mol. The van der Waals surface area contributed by atoms with Crippen molar-refractivity contribution in [3.8, 4) is 0 Å². The number of nitrogens with two attached hydrogens (primary N) is 1. The second-order valence-electron chi connectivity index (χ2n) is 11.5. The lowest BCUT2D eigenvalue weighted by Crippen LogP contribution is -2.49. The van der Waals surface area contributed by atoms with Crippen LogP contribution >= 0.6 is 0 Å². The SMILES string of the molecule is CCCCCCCS(=O)(=O)c1ccc(NC(=O)c2cc(N3CC(CC4(N)CC4)C3)ccc2N(C)S(C)(=O)=O)cc1. The number of sulfone groups is 1. The van der Waals surface area contributed by atoms with Crippen LogP contribution < -0.4 is 20.3 Å². The number of carbonyl (C=O) groups excluding carboxylic acids is 1. The van der Waals surface area contributed by atoms with Gasteiger partial charge in [-0.1, -0.05) is 32.6 Å². The van der Waals surface area contributed by atoms with E-state index in [1.54, 1.807) is 24.3 Å². The Hall–Kier alpha value is -2.63. The number of nitrogens with zero attached hydrogens (tertiary/aromatic N) is 2. The summed E-state index contributed by atoms with van der Waals surface area (Å²) in [5, 5.41) is 2.81. The normalized spacial score (nSPS) is 16.9. The van der Waals surface area contributed by atoms with Crippen LogP contribution in [0, 0.1) is 5.92 Å². The van der Waals surface area contributed by atoms with E-state index in [1.165, 1.54) is 19.2 Å². The molecule has 0 unspecified atom stereocenters. The first kappa shape index (κ1) is 30.3. The largest absolute Gasteiger partial charge is 0.371 e. The van der Waals surface area contributed by atoms with E-state index in [-0.39, 0.29) is 27.4 Å². The van der Waals surface area contributed by atoms with Gasteiger partial charge in [-0.25, -0.2) is 16.8 Å². The Morgan fingerprint density at radius 3 is 2.27 bits per heavy atom. The van der Waals surface area contributed by atoms with Crippen LogP contribution in [0.4, 0.5) is 17.1 Å². The highest BCUT2D eigenvalue weighted by Gasteiger charge is 2.43. The second kappa shape index (κ2) is 12.1. The Morgan fingerprint density at radius 1 is 1.02 bits per heavy atom. The topological polar surface area (TPSA) is 130 Å². The van der Waals surface area contributed by atoms with Crippen molar-refractivity contribution in [2.45, 2.75) is 68.7 Å². The maximum atomic E-state index is 13.4. The van der Waals surface area contributed by atoms with Gasteiger partial charge in [0.15, 0.2) is 9.84 Å². The molecule has 0 atom stereocenters. The molecule has 11 heteroatoms. The van der Waals surface area contributed by atoms with Crippen LogP contribution in [0.25, 0.3) is 0 Å². The third-order valence-corrected chi connectivity index (χ3v) is 11.0. The molecule has 2 aromatic rings. The van der Waals surface area contributed by atoms with Gasteiger partial charge in [0.1, 0.15) is 0 Å². The standard InChI is InChI=1S/C29H42N4O5S2/c1-4-5-6-7-8-17-40(37,38)25-12-9-23(10-13-25)31-28(34)26-18-24(11-14-27(26)32(2)39(3,35)36)33-20-22(21-33)19-29(30)15-16-29/h9-14,18,22H,4-8,15-17,19-21,30H2,1-3H3,(H,31,34). The predicted molar refractivity (Wildman–Crippen MR) is 161 cm³/mol. The van der Waals surface area contributed by atoms with Gasteiger partial charge in [0.05, 0.1) is 28.2 Å². The molecule has 2 aromatic carbocycles. The number of nitrogens with one attached hydrogen (secondary N) is 1. The monoisotopic (exact) mass is 590 g/mol. The Kier molecular flexibility index (Phi) is 9.16. The highest BCUT2D eigenvalue weighted by atomic mass is 32.2. The van der Waals surface area contributed by atoms with E-state index in [0.29, 0.717) is 18.0 Å².